The highest BCUT2D eigenvalue weighted by molar-refractivity contribution is 5.49. The molecule has 0 aromatic heterocycles. The van der Waals surface area contributed by atoms with E-state index < -0.39 is 0 Å². The molecule has 0 saturated carbocycles. The Morgan fingerprint density at radius 1 is 1.47 bits per heavy atom. The molecule has 1 aliphatic rings. The van der Waals surface area contributed by atoms with Gasteiger partial charge in [-0.3, -0.25) is 0 Å². The van der Waals surface area contributed by atoms with Crippen LogP contribution in [0, 0.1) is 0 Å². The number of rotatable bonds is 4. The van der Waals surface area contributed by atoms with E-state index in [0.717, 1.165) is 19.6 Å². The maximum atomic E-state index is 5.18. The van der Waals surface area contributed by atoms with Crippen molar-refractivity contribution in [2.24, 2.45) is 0 Å². The molecule has 1 fully saturated rings. The highest BCUT2D eigenvalue weighted by atomic mass is 16.5. The Morgan fingerprint density at radius 2 is 2.35 bits per heavy atom. The van der Waals surface area contributed by atoms with E-state index in [1.54, 1.807) is 7.11 Å². The van der Waals surface area contributed by atoms with E-state index in [9.17, 15) is 0 Å². The van der Waals surface area contributed by atoms with Crippen LogP contribution in [0.1, 0.15) is 18.9 Å². The number of nitrogens with zero attached hydrogens (tertiary/aromatic N) is 1. The molecular weight excluding hydrogens is 212 g/mol. The first kappa shape index (κ1) is 12.4. The van der Waals surface area contributed by atoms with Crippen LogP contribution in [0.15, 0.2) is 24.3 Å². The van der Waals surface area contributed by atoms with E-state index >= 15 is 0 Å². The largest absolute Gasteiger partial charge is 0.380 e. The average molecular weight is 234 g/mol. The van der Waals surface area contributed by atoms with Gasteiger partial charge in [0.1, 0.15) is 0 Å². The fourth-order valence-corrected chi connectivity index (χ4v) is 2.34. The lowest BCUT2D eigenvalue weighted by Crippen LogP contribution is -2.50. The van der Waals surface area contributed by atoms with Crippen molar-refractivity contribution in [2.75, 3.05) is 31.6 Å². The van der Waals surface area contributed by atoms with Gasteiger partial charge in [-0.05, 0) is 24.1 Å². The van der Waals surface area contributed by atoms with E-state index in [-0.39, 0.29) is 0 Å². The molecular formula is C14H22N2O. The molecule has 1 atom stereocenters. The highest BCUT2D eigenvalue weighted by Gasteiger charge is 2.17. The van der Waals surface area contributed by atoms with Crippen molar-refractivity contribution in [3.63, 3.8) is 0 Å². The SMILES string of the molecule is CCC1CN(c2cccc(COC)c2)CCN1. The zero-order valence-corrected chi connectivity index (χ0v) is 10.8. The number of piperazine rings is 1. The number of methoxy groups -OCH3 is 1. The Kier molecular flexibility index (Phi) is 4.40. The van der Waals surface area contributed by atoms with Gasteiger partial charge in [0, 0.05) is 38.5 Å². The van der Waals surface area contributed by atoms with Crippen LogP contribution in [-0.4, -0.2) is 32.8 Å². The van der Waals surface area contributed by atoms with Gasteiger partial charge < -0.3 is 15.0 Å². The molecule has 17 heavy (non-hydrogen) atoms. The van der Waals surface area contributed by atoms with E-state index in [0.29, 0.717) is 12.6 Å². The third kappa shape index (κ3) is 3.20. The summed E-state index contributed by atoms with van der Waals surface area (Å²) < 4.78 is 5.18. The van der Waals surface area contributed by atoms with Crippen molar-refractivity contribution in [2.45, 2.75) is 26.0 Å². The predicted molar refractivity (Wildman–Crippen MR) is 71.4 cm³/mol. The standard InChI is InChI=1S/C14H22N2O/c1-3-13-10-16(8-7-15-13)14-6-4-5-12(9-14)11-17-2/h4-6,9,13,15H,3,7-8,10-11H2,1-2H3. The summed E-state index contributed by atoms with van der Waals surface area (Å²) in [6, 6.07) is 9.28. The smallest absolute Gasteiger partial charge is 0.0713 e. The van der Waals surface area contributed by atoms with Crippen LogP contribution in [-0.2, 0) is 11.3 Å². The third-order valence-corrected chi connectivity index (χ3v) is 3.34. The topological polar surface area (TPSA) is 24.5 Å². The van der Waals surface area contributed by atoms with Crippen molar-refractivity contribution in [3.8, 4) is 0 Å². The summed E-state index contributed by atoms with van der Waals surface area (Å²) in [5.41, 5.74) is 2.57. The molecule has 3 nitrogen and oxygen atoms in total. The summed E-state index contributed by atoms with van der Waals surface area (Å²) in [5, 5.41) is 3.54. The Morgan fingerprint density at radius 3 is 3.12 bits per heavy atom. The van der Waals surface area contributed by atoms with Crippen molar-refractivity contribution in [1.29, 1.82) is 0 Å². The number of hydrogen-bond acceptors (Lipinski definition) is 3. The molecule has 1 unspecified atom stereocenters. The zero-order chi connectivity index (χ0) is 12.1. The monoisotopic (exact) mass is 234 g/mol. The molecule has 3 heteroatoms. The highest BCUT2D eigenvalue weighted by Crippen LogP contribution is 2.18. The van der Waals surface area contributed by atoms with Gasteiger partial charge in [-0.25, -0.2) is 0 Å². The van der Waals surface area contributed by atoms with E-state index in [4.69, 9.17) is 4.74 Å². The van der Waals surface area contributed by atoms with Gasteiger partial charge in [-0.1, -0.05) is 19.1 Å². The molecule has 1 aromatic carbocycles. The van der Waals surface area contributed by atoms with E-state index in [1.165, 1.54) is 17.7 Å². The number of benzene rings is 1. The normalized spacial score (nSPS) is 20.6. The molecule has 0 aliphatic carbocycles. The van der Waals surface area contributed by atoms with Gasteiger partial charge in [0.2, 0.25) is 0 Å². The molecule has 1 heterocycles. The second kappa shape index (κ2) is 6.03. The van der Waals surface area contributed by atoms with Gasteiger partial charge in [0.05, 0.1) is 6.61 Å². The maximum Gasteiger partial charge on any atom is 0.0713 e. The summed E-state index contributed by atoms with van der Waals surface area (Å²) in [4.78, 5) is 2.46. The first-order valence-corrected chi connectivity index (χ1v) is 6.39. The number of ether oxygens (including phenoxy) is 1. The molecule has 1 saturated heterocycles. The summed E-state index contributed by atoms with van der Waals surface area (Å²) in [7, 11) is 1.74. The van der Waals surface area contributed by atoms with Crippen LogP contribution in [0.25, 0.3) is 0 Å². The van der Waals surface area contributed by atoms with Crippen molar-refractivity contribution in [1.82, 2.24) is 5.32 Å². The molecule has 0 radical (unpaired) electrons. The molecule has 2 rings (SSSR count). The Labute approximate surface area is 104 Å². The van der Waals surface area contributed by atoms with E-state index in [2.05, 4.69) is 41.4 Å². The van der Waals surface area contributed by atoms with Crippen LogP contribution in [0.2, 0.25) is 0 Å². The van der Waals surface area contributed by atoms with Gasteiger partial charge in [0.15, 0.2) is 0 Å². The van der Waals surface area contributed by atoms with Crippen LogP contribution in [0.5, 0.6) is 0 Å². The molecule has 0 spiro atoms. The van der Waals surface area contributed by atoms with Crippen LogP contribution in [0.3, 0.4) is 0 Å². The summed E-state index contributed by atoms with van der Waals surface area (Å²) in [6.45, 7) is 6.20. The fourth-order valence-electron chi connectivity index (χ4n) is 2.34. The lowest BCUT2D eigenvalue weighted by atomic mass is 10.1. The minimum Gasteiger partial charge on any atom is -0.380 e. The lowest BCUT2D eigenvalue weighted by Gasteiger charge is -2.35. The van der Waals surface area contributed by atoms with Crippen LogP contribution >= 0.6 is 0 Å². The molecule has 94 valence electrons. The molecule has 1 aromatic rings. The first-order valence-electron chi connectivity index (χ1n) is 6.39. The second-order valence-corrected chi connectivity index (χ2v) is 4.61. The minimum absolute atomic E-state index is 0.620. The Bertz CT molecular complexity index is 354. The number of anilines is 1. The quantitative estimate of drug-likeness (QED) is 0.862. The summed E-state index contributed by atoms with van der Waals surface area (Å²) >= 11 is 0. The van der Waals surface area contributed by atoms with Gasteiger partial charge in [-0.2, -0.15) is 0 Å². The van der Waals surface area contributed by atoms with Crippen molar-refractivity contribution >= 4 is 5.69 Å². The fraction of sp³-hybridized carbons (Fsp3) is 0.571. The summed E-state index contributed by atoms with van der Waals surface area (Å²) in [5.74, 6) is 0. The minimum atomic E-state index is 0.620. The third-order valence-electron chi connectivity index (χ3n) is 3.34. The van der Waals surface area contributed by atoms with Gasteiger partial charge in [-0.15, -0.1) is 0 Å². The predicted octanol–water partition coefficient (Wildman–Crippen LogP) is 2.02. The van der Waals surface area contributed by atoms with Crippen molar-refractivity contribution in [3.05, 3.63) is 29.8 Å². The van der Waals surface area contributed by atoms with Crippen LogP contribution < -0.4 is 10.2 Å². The second-order valence-electron chi connectivity index (χ2n) is 4.61. The van der Waals surface area contributed by atoms with Gasteiger partial charge in [0.25, 0.3) is 0 Å². The molecule has 1 N–H and O–H groups in total. The number of hydrogen-bond donors (Lipinski definition) is 1. The van der Waals surface area contributed by atoms with Crippen molar-refractivity contribution < 1.29 is 4.74 Å². The average Bonchev–Trinajstić information content (AvgIpc) is 2.40. The lowest BCUT2D eigenvalue weighted by molar-refractivity contribution is 0.185. The van der Waals surface area contributed by atoms with Crippen LogP contribution in [0.4, 0.5) is 5.69 Å². The van der Waals surface area contributed by atoms with E-state index in [1.807, 2.05) is 0 Å². The molecule has 1 aliphatic heterocycles. The maximum absolute atomic E-state index is 5.18. The first-order chi connectivity index (χ1) is 8.33. The molecule has 0 bridgehead atoms. The summed E-state index contributed by atoms with van der Waals surface area (Å²) in [6.07, 6.45) is 1.19. The zero-order valence-electron chi connectivity index (χ0n) is 10.8. The molecule has 0 amide bonds. The Balaban J connectivity index is 2.07. The van der Waals surface area contributed by atoms with Gasteiger partial charge >= 0.3 is 0 Å². The number of nitrogens with one attached hydrogen (secondary N) is 1. The Hall–Kier alpha value is -1.06.